The van der Waals surface area contributed by atoms with E-state index < -0.39 is 0 Å². The van der Waals surface area contributed by atoms with Crippen LogP contribution in [0.15, 0.2) is 24.4 Å². The molecule has 1 unspecified atom stereocenters. The van der Waals surface area contributed by atoms with E-state index in [0.717, 1.165) is 41.2 Å². The van der Waals surface area contributed by atoms with E-state index in [2.05, 4.69) is 27.7 Å². The summed E-state index contributed by atoms with van der Waals surface area (Å²) in [5, 5.41) is 1.02. The largest absolute Gasteiger partial charge is 0.454 e. The Hall–Kier alpha value is -2.05. The smallest absolute Gasteiger partial charge is 0.231 e. The summed E-state index contributed by atoms with van der Waals surface area (Å²) in [5.74, 6) is 1.53. The number of rotatable bonds is 4. The molecule has 1 aromatic heterocycles. The summed E-state index contributed by atoms with van der Waals surface area (Å²) < 4.78 is 10.9. The molecule has 116 valence electrons. The van der Waals surface area contributed by atoms with Crippen LogP contribution in [0.5, 0.6) is 11.5 Å². The van der Waals surface area contributed by atoms with Crippen LogP contribution < -0.4 is 20.3 Å². The van der Waals surface area contributed by atoms with Gasteiger partial charge in [0.1, 0.15) is 0 Å². The first-order chi connectivity index (χ1) is 10.8. The number of anilines is 1. The van der Waals surface area contributed by atoms with Crippen LogP contribution in [0.3, 0.4) is 0 Å². The third-order valence-electron chi connectivity index (χ3n) is 4.34. The zero-order chi connectivity index (χ0) is 14.9. The van der Waals surface area contributed by atoms with Gasteiger partial charge in [0, 0.05) is 17.6 Å². The molecule has 6 nitrogen and oxygen atoms in total. The van der Waals surface area contributed by atoms with E-state index in [1.165, 1.54) is 12.8 Å². The van der Waals surface area contributed by atoms with Crippen molar-refractivity contribution in [3.05, 3.63) is 24.4 Å². The number of benzene rings is 1. The first-order valence-electron chi connectivity index (χ1n) is 7.75. The number of hydrogen-bond acceptors (Lipinski definition) is 6. The molecule has 1 saturated heterocycles. The number of nitrogens with zero attached hydrogens (tertiary/aromatic N) is 2. The van der Waals surface area contributed by atoms with Gasteiger partial charge in [0.05, 0.1) is 17.4 Å². The van der Waals surface area contributed by atoms with Crippen molar-refractivity contribution in [2.24, 2.45) is 0 Å². The van der Waals surface area contributed by atoms with E-state index in [1.807, 2.05) is 18.2 Å². The Kier molecular flexibility index (Phi) is 3.48. The Balaban J connectivity index is 1.56. The Labute approximate surface area is 129 Å². The molecule has 4 rings (SSSR count). The summed E-state index contributed by atoms with van der Waals surface area (Å²) in [4.78, 5) is 6.85. The molecule has 22 heavy (non-hydrogen) atoms. The van der Waals surface area contributed by atoms with E-state index >= 15 is 0 Å². The lowest BCUT2D eigenvalue weighted by Gasteiger charge is -2.25. The third-order valence-corrected chi connectivity index (χ3v) is 4.34. The molecule has 0 spiro atoms. The minimum absolute atomic E-state index is 0.276. The summed E-state index contributed by atoms with van der Waals surface area (Å²) in [7, 11) is 0. The lowest BCUT2D eigenvalue weighted by molar-refractivity contribution is 0.174. The van der Waals surface area contributed by atoms with Gasteiger partial charge < -0.3 is 14.9 Å². The summed E-state index contributed by atoms with van der Waals surface area (Å²) in [6.07, 6.45) is 4.66. The number of likely N-dealkylation sites (tertiary alicyclic amines) is 1. The molecule has 0 bridgehead atoms. The van der Waals surface area contributed by atoms with Crippen molar-refractivity contribution in [2.75, 3.05) is 25.3 Å². The maximum atomic E-state index is 5.46. The lowest BCUT2D eigenvalue weighted by Crippen LogP contribution is -2.44. The first-order valence-corrected chi connectivity index (χ1v) is 7.75. The molecule has 0 saturated carbocycles. The van der Waals surface area contributed by atoms with Crippen LogP contribution in [0.2, 0.25) is 0 Å². The molecule has 1 atom stereocenters. The van der Waals surface area contributed by atoms with Gasteiger partial charge in [-0.2, -0.15) is 0 Å². The molecule has 2 aliphatic heterocycles. The van der Waals surface area contributed by atoms with Gasteiger partial charge in [-0.3, -0.25) is 9.88 Å². The van der Waals surface area contributed by atoms with E-state index in [4.69, 9.17) is 9.47 Å². The number of pyridine rings is 1. The molecule has 0 aliphatic carbocycles. The summed E-state index contributed by atoms with van der Waals surface area (Å²) in [6, 6.07) is 5.87. The van der Waals surface area contributed by atoms with Crippen LogP contribution in [-0.4, -0.2) is 35.9 Å². The van der Waals surface area contributed by atoms with Crippen LogP contribution in [0.4, 0.5) is 5.69 Å². The normalized spacial score (nSPS) is 18.8. The minimum Gasteiger partial charge on any atom is -0.454 e. The molecular formula is C16H20N4O2. The second-order valence-corrected chi connectivity index (χ2v) is 5.77. The van der Waals surface area contributed by atoms with Gasteiger partial charge in [-0.05, 0) is 45.0 Å². The number of ether oxygens (including phenoxy) is 2. The standard InChI is InChI=1S/C16H20N4O2/c1-11(20-6-2-3-7-20)18-19-13-4-5-17-14-9-16-15(8-12(13)14)21-10-22-16/h4-5,8-9,11,18H,2-3,6-7,10H2,1H3,(H,17,19). The van der Waals surface area contributed by atoms with Crippen molar-refractivity contribution in [3.63, 3.8) is 0 Å². The van der Waals surface area contributed by atoms with E-state index in [0.29, 0.717) is 6.17 Å². The van der Waals surface area contributed by atoms with Crippen molar-refractivity contribution in [2.45, 2.75) is 25.9 Å². The monoisotopic (exact) mass is 300 g/mol. The molecule has 6 heteroatoms. The zero-order valence-electron chi connectivity index (χ0n) is 12.6. The average Bonchev–Trinajstić information content (AvgIpc) is 3.21. The van der Waals surface area contributed by atoms with Gasteiger partial charge in [0.15, 0.2) is 11.5 Å². The minimum atomic E-state index is 0.276. The van der Waals surface area contributed by atoms with Crippen LogP contribution in [0, 0.1) is 0 Å². The molecule has 2 N–H and O–H groups in total. The van der Waals surface area contributed by atoms with Crippen LogP contribution >= 0.6 is 0 Å². The average molecular weight is 300 g/mol. The van der Waals surface area contributed by atoms with Gasteiger partial charge in [0.2, 0.25) is 6.79 Å². The fraction of sp³-hybridized carbons (Fsp3) is 0.438. The molecule has 0 radical (unpaired) electrons. The number of fused-ring (bicyclic) bond motifs is 2. The third kappa shape index (κ3) is 2.44. The van der Waals surface area contributed by atoms with E-state index in [1.54, 1.807) is 6.20 Å². The molecule has 1 aromatic carbocycles. The molecule has 3 heterocycles. The quantitative estimate of drug-likeness (QED) is 0.845. The van der Waals surface area contributed by atoms with Gasteiger partial charge in [-0.25, -0.2) is 5.43 Å². The Morgan fingerprint density at radius 1 is 1.18 bits per heavy atom. The number of hydrogen-bond donors (Lipinski definition) is 2. The maximum Gasteiger partial charge on any atom is 0.231 e. The number of nitrogens with one attached hydrogen (secondary N) is 2. The molecule has 0 amide bonds. The summed E-state index contributed by atoms with van der Waals surface area (Å²) >= 11 is 0. The van der Waals surface area contributed by atoms with Crippen LogP contribution in [-0.2, 0) is 0 Å². The van der Waals surface area contributed by atoms with Crippen LogP contribution in [0.1, 0.15) is 19.8 Å². The highest BCUT2D eigenvalue weighted by molar-refractivity contribution is 5.93. The van der Waals surface area contributed by atoms with Crippen molar-refractivity contribution in [1.29, 1.82) is 0 Å². The SMILES string of the molecule is CC(NNc1ccnc2cc3c(cc12)OCO3)N1CCCC1. The molecular weight excluding hydrogens is 280 g/mol. The second-order valence-electron chi connectivity index (χ2n) is 5.77. The first kappa shape index (κ1) is 13.6. The van der Waals surface area contributed by atoms with E-state index in [9.17, 15) is 0 Å². The Bertz CT molecular complexity index is 685. The number of hydrazine groups is 1. The van der Waals surface area contributed by atoms with Gasteiger partial charge in [0.25, 0.3) is 0 Å². The zero-order valence-corrected chi connectivity index (χ0v) is 12.6. The highest BCUT2D eigenvalue weighted by Crippen LogP contribution is 2.37. The Morgan fingerprint density at radius 3 is 2.77 bits per heavy atom. The van der Waals surface area contributed by atoms with Crippen molar-refractivity contribution >= 4 is 16.6 Å². The second kappa shape index (κ2) is 5.62. The fourth-order valence-electron chi connectivity index (χ4n) is 3.05. The summed E-state index contributed by atoms with van der Waals surface area (Å²) in [5.41, 5.74) is 8.59. The summed E-state index contributed by atoms with van der Waals surface area (Å²) in [6.45, 7) is 4.77. The fourth-order valence-corrected chi connectivity index (χ4v) is 3.05. The predicted molar refractivity (Wildman–Crippen MR) is 84.9 cm³/mol. The number of aromatic nitrogens is 1. The molecule has 2 aliphatic rings. The van der Waals surface area contributed by atoms with Crippen molar-refractivity contribution < 1.29 is 9.47 Å². The molecule has 1 fully saturated rings. The topological polar surface area (TPSA) is 58.7 Å². The lowest BCUT2D eigenvalue weighted by atomic mass is 10.1. The highest BCUT2D eigenvalue weighted by atomic mass is 16.7. The predicted octanol–water partition coefficient (Wildman–Crippen LogP) is 2.32. The van der Waals surface area contributed by atoms with Gasteiger partial charge in [-0.15, -0.1) is 0 Å². The van der Waals surface area contributed by atoms with Crippen LogP contribution in [0.25, 0.3) is 10.9 Å². The van der Waals surface area contributed by atoms with Gasteiger partial charge >= 0.3 is 0 Å². The van der Waals surface area contributed by atoms with Gasteiger partial charge in [-0.1, -0.05) is 0 Å². The molecule has 2 aromatic rings. The maximum absolute atomic E-state index is 5.46. The van der Waals surface area contributed by atoms with Crippen molar-refractivity contribution in [1.82, 2.24) is 15.3 Å². The van der Waals surface area contributed by atoms with Crippen molar-refractivity contribution in [3.8, 4) is 11.5 Å². The highest BCUT2D eigenvalue weighted by Gasteiger charge is 2.19. The van der Waals surface area contributed by atoms with E-state index in [-0.39, 0.29) is 6.79 Å². The Morgan fingerprint density at radius 2 is 1.95 bits per heavy atom.